The number of carbonyl (C=O) groups excluding carboxylic acids is 1. The Labute approximate surface area is 109 Å². The minimum atomic E-state index is 0.0956. The summed E-state index contributed by atoms with van der Waals surface area (Å²) in [6, 6.07) is 0.593. The molecule has 2 aliphatic heterocycles. The first kappa shape index (κ1) is 13.2. The van der Waals surface area contributed by atoms with Gasteiger partial charge >= 0.3 is 0 Å². The van der Waals surface area contributed by atoms with E-state index < -0.39 is 0 Å². The quantitative estimate of drug-likeness (QED) is 0.837. The molecule has 17 heavy (non-hydrogen) atoms. The second-order valence-electron chi connectivity index (χ2n) is 4.97. The molecule has 0 bridgehead atoms. The maximum absolute atomic E-state index is 12.5. The van der Waals surface area contributed by atoms with Crippen molar-refractivity contribution in [2.24, 2.45) is 0 Å². The van der Waals surface area contributed by atoms with Gasteiger partial charge in [-0.25, -0.2) is 0 Å². The molecule has 0 saturated carbocycles. The highest BCUT2D eigenvalue weighted by Crippen LogP contribution is 2.23. The highest BCUT2D eigenvalue weighted by molar-refractivity contribution is 7.99. The summed E-state index contributed by atoms with van der Waals surface area (Å²) in [4.78, 5) is 14.6. The SMILES string of the molecule is CCN(C(=O)[C@H]1CCCCN1)C1CCSCC1. The maximum atomic E-state index is 12.5. The van der Waals surface area contributed by atoms with Crippen LogP contribution in [0.4, 0.5) is 0 Å². The van der Waals surface area contributed by atoms with E-state index >= 15 is 0 Å². The smallest absolute Gasteiger partial charge is 0.239 e. The molecule has 2 heterocycles. The van der Waals surface area contributed by atoms with Crippen LogP contribution in [0.5, 0.6) is 0 Å². The first-order valence-corrected chi connectivity index (χ1v) is 8.10. The van der Waals surface area contributed by atoms with E-state index in [1.165, 1.54) is 37.2 Å². The van der Waals surface area contributed by atoms with E-state index in [9.17, 15) is 4.79 Å². The zero-order valence-electron chi connectivity index (χ0n) is 10.8. The lowest BCUT2D eigenvalue weighted by Crippen LogP contribution is -2.52. The molecule has 0 aromatic rings. The molecule has 0 aromatic heterocycles. The number of nitrogens with zero attached hydrogens (tertiary/aromatic N) is 1. The van der Waals surface area contributed by atoms with Crippen LogP contribution in [0.15, 0.2) is 0 Å². The molecule has 3 nitrogen and oxygen atoms in total. The van der Waals surface area contributed by atoms with Crippen LogP contribution in [-0.4, -0.2) is 47.5 Å². The first-order valence-electron chi connectivity index (χ1n) is 6.94. The Morgan fingerprint density at radius 1 is 1.29 bits per heavy atom. The topological polar surface area (TPSA) is 32.3 Å². The van der Waals surface area contributed by atoms with Gasteiger partial charge in [-0.1, -0.05) is 6.42 Å². The molecule has 0 aromatic carbocycles. The Bertz CT molecular complexity index is 248. The molecular weight excluding hydrogens is 232 g/mol. The summed E-state index contributed by atoms with van der Waals surface area (Å²) in [7, 11) is 0. The molecule has 2 rings (SSSR count). The van der Waals surface area contributed by atoms with Gasteiger partial charge in [-0.3, -0.25) is 4.79 Å². The second kappa shape index (κ2) is 6.64. The third-order valence-corrected chi connectivity index (χ3v) is 4.91. The zero-order valence-corrected chi connectivity index (χ0v) is 11.6. The molecule has 2 saturated heterocycles. The van der Waals surface area contributed by atoms with Crippen LogP contribution in [0.2, 0.25) is 0 Å². The van der Waals surface area contributed by atoms with Gasteiger partial charge in [-0.2, -0.15) is 11.8 Å². The van der Waals surface area contributed by atoms with E-state index in [2.05, 4.69) is 17.1 Å². The van der Waals surface area contributed by atoms with Crippen molar-refractivity contribution in [1.29, 1.82) is 0 Å². The van der Waals surface area contributed by atoms with Crippen molar-refractivity contribution >= 4 is 17.7 Å². The normalized spacial score (nSPS) is 26.8. The van der Waals surface area contributed by atoms with Crippen LogP contribution >= 0.6 is 11.8 Å². The molecule has 0 aliphatic carbocycles. The average molecular weight is 256 g/mol. The fourth-order valence-electron chi connectivity index (χ4n) is 2.85. The van der Waals surface area contributed by atoms with Crippen molar-refractivity contribution in [1.82, 2.24) is 10.2 Å². The highest BCUT2D eigenvalue weighted by atomic mass is 32.2. The predicted octanol–water partition coefficient (Wildman–Crippen LogP) is 1.87. The standard InChI is InChI=1S/C13H24N2OS/c1-2-15(11-6-9-17-10-7-11)13(16)12-5-3-4-8-14-12/h11-12,14H,2-10H2,1H3/t12-/m1/s1. The number of carbonyl (C=O) groups is 1. The van der Waals surface area contributed by atoms with E-state index in [4.69, 9.17) is 0 Å². The van der Waals surface area contributed by atoms with Crippen LogP contribution in [0, 0.1) is 0 Å². The maximum Gasteiger partial charge on any atom is 0.239 e. The lowest BCUT2D eigenvalue weighted by molar-refractivity contribution is -0.136. The molecule has 2 aliphatic rings. The molecule has 0 unspecified atom stereocenters. The van der Waals surface area contributed by atoms with Gasteiger partial charge in [-0.15, -0.1) is 0 Å². The number of piperidine rings is 1. The van der Waals surface area contributed by atoms with Gasteiger partial charge in [0.05, 0.1) is 6.04 Å². The average Bonchev–Trinajstić information content (AvgIpc) is 2.42. The van der Waals surface area contributed by atoms with E-state index in [1.54, 1.807) is 0 Å². The van der Waals surface area contributed by atoms with Crippen LogP contribution < -0.4 is 5.32 Å². The minimum Gasteiger partial charge on any atom is -0.339 e. The summed E-state index contributed by atoms with van der Waals surface area (Å²) >= 11 is 2.02. The van der Waals surface area contributed by atoms with Gasteiger partial charge in [0.1, 0.15) is 0 Å². The Hall–Kier alpha value is -0.220. The number of nitrogens with one attached hydrogen (secondary N) is 1. The molecule has 1 atom stereocenters. The summed E-state index contributed by atoms with van der Waals surface area (Å²) in [5, 5.41) is 3.38. The van der Waals surface area contributed by atoms with E-state index in [-0.39, 0.29) is 6.04 Å². The van der Waals surface area contributed by atoms with Gasteiger partial charge in [0.25, 0.3) is 0 Å². The van der Waals surface area contributed by atoms with Crippen molar-refractivity contribution < 1.29 is 4.79 Å². The molecular formula is C13H24N2OS. The fourth-order valence-corrected chi connectivity index (χ4v) is 3.94. The zero-order chi connectivity index (χ0) is 12.1. The van der Waals surface area contributed by atoms with Crippen molar-refractivity contribution in [2.75, 3.05) is 24.6 Å². The minimum absolute atomic E-state index is 0.0956. The third kappa shape index (κ3) is 3.38. The lowest BCUT2D eigenvalue weighted by atomic mass is 10.0. The Kier molecular flexibility index (Phi) is 5.16. The summed E-state index contributed by atoms with van der Waals surface area (Å²) in [6.07, 6.45) is 5.79. The Balaban J connectivity index is 1.93. The van der Waals surface area contributed by atoms with Crippen molar-refractivity contribution in [2.45, 2.75) is 51.1 Å². The molecule has 0 spiro atoms. The van der Waals surface area contributed by atoms with Crippen LogP contribution in [0.1, 0.15) is 39.0 Å². The number of amides is 1. The molecule has 0 radical (unpaired) electrons. The number of hydrogen-bond acceptors (Lipinski definition) is 3. The summed E-state index contributed by atoms with van der Waals surface area (Å²) in [5.41, 5.74) is 0. The number of likely N-dealkylation sites (N-methyl/N-ethyl adjacent to an activating group) is 1. The monoisotopic (exact) mass is 256 g/mol. The van der Waals surface area contributed by atoms with E-state index in [0.717, 1.165) is 19.5 Å². The van der Waals surface area contributed by atoms with E-state index in [0.29, 0.717) is 11.9 Å². The van der Waals surface area contributed by atoms with Gasteiger partial charge in [0, 0.05) is 12.6 Å². The molecule has 4 heteroatoms. The third-order valence-electron chi connectivity index (χ3n) is 3.86. The summed E-state index contributed by atoms with van der Waals surface area (Å²) in [6.45, 7) is 3.99. The van der Waals surface area contributed by atoms with Gasteiger partial charge in [-0.05, 0) is 50.7 Å². The molecule has 2 fully saturated rings. The largest absolute Gasteiger partial charge is 0.339 e. The van der Waals surface area contributed by atoms with Gasteiger partial charge < -0.3 is 10.2 Å². The van der Waals surface area contributed by atoms with Gasteiger partial charge in [0.15, 0.2) is 0 Å². The summed E-state index contributed by atoms with van der Waals surface area (Å²) < 4.78 is 0. The number of thioether (sulfide) groups is 1. The predicted molar refractivity (Wildman–Crippen MR) is 73.4 cm³/mol. The van der Waals surface area contributed by atoms with Crippen molar-refractivity contribution in [3.8, 4) is 0 Å². The van der Waals surface area contributed by atoms with Crippen molar-refractivity contribution in [3.63, 3.8) is 0 Å². The highest BCUT2D eigenvalue weighted by Gasteiger charge is 2.30. The van der Waals surface area contributed by atoms with Crippen LogP contribution in [0.3, 0.4) is 0 Å². The Morgan fingerprint density at radius 2 is 2.06 bits per heavy atom. The Morgan fingerprint density at radius 3 is 2.65 bits per heavy atom. The fraction of sp³-hybridized carbons (Fsp3) is 0.923. The summed E-state index contributed by atoms with van der Waals surface area (Å²) in [5.74, 6) is 2.78. The van der Waals surface area contributed by atoms with Crippen LogP contribution in [-0.2, 0) is 4.79 Å². The number of hydrogen-bond donors (Lipinski definition) is 1. The van der Waals surface area contributed by atoms with Gasteiger partial charge in [0.2, 0.25) is 5.91 Å². The lowest BCUT2D eigenvalue weighted by Gasteiger charge is -2.36. The molecule has 98 valence electrons. The number of rotatable bonds is 3. The van der Waals surface area contributed by atoms with E-state index in [1.807, 2.05) is 11.8 Å². The molecule has 1 N–H and O–H groups in total. The van der Waals surface area contributed by atoms with Crippen molar-refractivity contribution in [3.05, 3.63) is 0 Å². The van der Waals surface area contributed by atoms with Crippen LogP contribution in [0.25, 0.3) is 0 Å². The molecule has 1 amide bonds. The second-order valence-corrected chi connectivity index (χ2v) is 6.20. The first-order chi connectivity index (χ1) is 8.33.